The van der Waals surface area contributed by atoms with Gasteiger partial charge in [0.15, 0.2) is 0 Å². The van der Waals surface area contributed by atoms with E-state index in [0.717, 1.165) is 26.2 Å². The minimum atomic E-state index is 0.838. The molecule has 1 aromatic heterocycles. The maximum Gasteiger partial charge on any atom is 0.0645 e. The Morgan fingerprint density at radius 1 is 1.20 bits per heavy atom. The molecule has 0 atom stereocenters. The van der Waals surface area contributed by atoms with Crippen molar-refractivity contribution in [2.75, 3.05) is 13.2 Å². The molecule has 2 heteroatoms. The van der Waals surface area contributed by atoms with Crippen molar-refractivity contribution in [2.45, 2.75) is 19.9 Å². The zero-order valence-corrected chi connectivity index (χ0v) is 8.99. The first-order valence-electron chi connectivity index (χ1n) is 5.52. The fourth-order valence-electron chi connectivity index (χ4n) is 2.53. The van der Waals surface area contributed by atoms with Gasteiger partial charge in [-0.3, -0.25) is 0 Å². The van der Waals surface area contributed by atoms with Crippen molar-refractivity contribution in [1.82, 2.24) is 4.57 Å². The van der Waals surface area contributed by atoms with Crippen molar-refractivity contribution in [1.29, 1.82) is 0 Å². The number of rotatable bonds is 0. The molecule has 78 valence electrons. The van der Waals surface area contributed by atoms with E-state index in [1.165, 1.54) is 22.2 Å². The molecular weight excluding hydrogens is 186 g/mol. The van der Waals surface area contributed by atoms with Crippen molar-refractivity contribution in [3.63, 3.8) is 0 Å². The van der Waals surface area contributed by atoms with Gasteiger partial charge in [0.1, 0.15) is 0 Å². The molecule has 0 radical (unpaired) electrons. The largest absolute Gasteiger partial charge is 0.379 e. The zero-order valence-electron chi connectivity index (χ0n) is 8.99. The van der Waals surface area contributed by atoms with Gasteiger partial charge in [-0.05, 0) is 18.6 Å². The molecule has 0 amide bonds. The summed E-state index contributed by atoms with van der Waals surface area (Å²) >= 11 is 0. The Hall–Kier alpha value is -1.28. The Kier molecular flexibility index (Phi) is 2.03. The van der Waals surface area contributed by atoms with E-state index in [9.17, 15) is 0 Å². The predicted molar refractivity (Wildman–Crippen MR) is 61.2 cm³/mol. The second-order valence-electron chi connectivity index (χ2n) is 4.10. The zero-order chi connectivity index (χ0) is 10.3. The van der Waals surface area contributed by atoms with Gasteiger partial charge in [0.25, 0.3) is 0 Å². The molecule has 0 spiro atoms. The average Bonchev–Trinajstić information content (AvgIpc) is 2.48. The number of ether oxygens (including phenoxy) is 1. The number of para-hydroxylation sites is 1. The summed E-state index contributed by atoms with van der Waals surface area (Å²) in [4.78, 5) is 0. The summed E-state index contributed by atoms with van der Waals surface area (Å²) in [6.07, 6.45) is 1.04. The van der Waals surface area contributed by atoms with Crippen LogP contribution in [-0.2, 0) is 17.7 Å². The van der Waals surface area contributed by atoms with Crippen LogP contribution in [0.1, 0.15) is 11.3 Å². The van der Waals surface area contributed by atoms with Gasteiger partial charge in [-0.25, -0.2) is 0 Å². The van der Waals surface area contributed by atoms with Gasteiger partial charge in [-0.2, -0.15) is 0 Å². The second-order valence-corrected chi connectivity index (χ2v) is 4.10. The quantitative estimate of drug-likeness (QED) is 0.639. The van der Waals surface area contributed by atoms with E-state index in [1.807, 2.05) is 0 Å². The summed E-state index contributed by atoms with van der Waals surface area (Å²) in [7, 11) is 0. The highest BCUT2D eigenvalue weighted by atomic mass is 16.5. The summed E-state index contributed by atoms with van der Waals surface area (Å²) in [5.41, 5.74) is 4.24. The lowest BCUT2D eigenvalue weighted by molar-refractivity contribution is 0.141. The predicted octanol–water partition coefficient (Wildman–Crippen LogP) is 2.52. The smallest absolute Gasteiger partial charge is 0.0645 e. The van der Waals surface area contributed by atoms with Gasteiger partial charge in [-0.1, -0.05) is 18.2 Å². The number of nitrogens with zero attached hydrogens (tertiary/aromatic N) is 1. The van der Waals surface area contributed by atoms with E-state index in [2.05, 4.69) is 35.8 Å². The Bertz CT molecular complexity index is 498. The van der Waals surface area contributed by atoms with E-state index in [1.54, 1.807) is 0 Å². The van der Waals surface area contributed by atoms with Gasteiger partial charge < -0.3 is 9.30 Å². The van der Waals surface area contributed by atoms with E-state index in [-0.39, 0.29) is 0 Å². The summed E-state index contributed by atoms with van der Waals surface area (Å²) in [5.74, 6) is 0. The highest BCUT2D eigenvalue weighted by molar-refractivity contribution is 5.85. The molecule has 0 unspecified atom stereocenters. The third-order valence-corrected chi connectivity index (χ3v) is 3.30. The van der Waals surface area contributed by atoms with Gasteiger partial charge in [0, 0.05) is 29.6 Å². The Morgan fingerprint density at radius 2 is 2.07 bits per heavy atom. The standard InChI is InChI=1S/C13H15NO/c1-10-11-4-2-3-5-13(11)14-7-9-15-8-6-12(10)14/h2-5H,6-9H2,1H3. The van der Waals surface area contributed by atoms with Gasteiger partial charge >= 0.3 is 0 Å². The first-order chi connectivity index (χ1) is 7.38. The minimum absolute atomic E-state index is 0.838. The lowest BCUT2D eigenvalue weighted by Crippen LogP contribution is -2.03. The molecule has 0 aliphatic carbocycles. The van der Waals surface area contributed by atoms with E-state index in [4.69, 9.17) is 4.74 Å². The maximum atomic E-state index is 5.52. The van der Waals surface area contributed by atoms with Crippen LogP contribution < -0.4 is 0 Å². The van der Waals surface area contributed by atoms with Crippen LogP contribution in [0.5, 0.6) is 0 Å². The lowest BCUT2D eigenvalue weighted by atomic mass is 10.1. The molecule has 0 saturated heterocycles. The average molecular weight is 201 g/mol. The summed E-state index contributed by atoms with van der Waals surface area (Å²) in [6, 6.07) is 8.65. The molecule has 0 saturated carbocycles. The fourth-order valence-corrected chi connectivity index (χ4v) is 2.53. The number of aromatic nitrogens is 1. The third kappa shape index (κ3) is 1.29. The number of aryl methyl sites for hydroxylation is 1. The first-order valence-corrected chi connectivity index (χ1v) is 5.52. The topological polar surface area (TPSA) is 14.2 Å². The van der Waals surface area contributed by atoms with Crippen molar-refractivity contribution in [3.05, 3.63) is 35.5 Å². The summed E-state index contributed by atoms with van der Waals surface area (Å²) in [5, 5.41) is 1.40. The van der Waals surface area contributed by atoms with Crippen LogP contribution in [-0.4, -0.2) is 17.8 Å². The third-order valence-electron chi connectivity index (χ3n) is 3.30. The first kappa shape index (κ1) is 8.98. The lowest BCUT2D eigenvalue weighted by Gasteiger charge is -2.04. The molecule has 1 aliphatic rings. The molecule has 3 rings (SSSR count). The van der Waals surface area contributed by atoms with Crippen molar-refractivity contribution in [3.8, 4) is 0 Å². The van der Waals surface area contributed by atoms with E-state index in [0.29, 0.717) is 0 Å². The van der Waals surface area contributed by atoms with Crippen LogP contribution in [0.2, 0.25) is 0 Å². The molecule has 1 aliphatic heterocycles. The monoisotopic (exact) mass is 201 g/mol. The van der Waals surface area contributed by atoms with Crippen LogP contribution in [0.4, 0.5) is 0 Å². The molecule has 1 aromatic carbocycles. The molecule has 0 N–H and O–H groups in total. The molecule has 0 bridgehead atoms. The van der Waals surface area contributed by atoms with Crippen LogP contribution in [0.3, 0.4) is 0 Å². The van der Waals surface area contributed by atoms with Gasteiger partial charge in [0.2, 0.25) is 0 Å². The molecular formula is C13H15NO. The van der Waals surface area contributed by atoms with Crippen molar-refractivity contribution >= 4 is 10.9 Å². The number of hydrogen-bond acceptors (Lipinski definition) is 1. The van der Waals surface area contributed by atoms with Crippen molar-refractivity contribution in [2.24, 2.45) is 0 Å². The minimum Gasteiger partial charge on any atom is -0.379 e. The molecule has 2 heterocycles. The Labute approximate surface area is 89.5 Å². The molecule has 0 fully saturated rings. The molecule has 2 nitrogen and oxygen atoms in total. The highest BCUT2D eigenvalue weighted by Crippen LogP contribution is 2.26. The second kappa shape index (κ2) is 3.38. The summed E-state index contributed by atoms with van der Waals surface area (Å²) < 4.78 is 7.93. The summed E-state index contributed by atoms with van der Waals surface area (Å²) in [6.45, 7) is 4.91. The highest BCUT2D eigenvalue weighted by Gasteiger charge is 2.15. The maximum absolute atomic E-state index is 5.52. The number of benzene rings is 1. The fraction of sp³-hybridized carbons (Fsp3) is 0.385. The van der Waals surface area contributed by atoms with Crippen LogP contribution in [0.25, 0.3) is 10.9 Å². The molecule has 2 aromatic rings. The van der Waals surface area contributed by atoms with Crippen LogP contribution >= 0.6 is 0 Å². The van der Waals surface area contributed by atoms with Crippen LogP contribution in [0.15, 0.2) is 24.3 Å². The van der Waals surface area contributed by atoms with Crippen molar-refractivity contribution < 1.29 is 4.74 Å². The van der Waals surface area contributed by atoms with Crippen LogP contribution in [0, 0.1) is 6.92 Å². The van der Waals surface area contributed by atoms with Gasteiger partial charge in [-0.15, -0.1) is 0 Å². The molecule has 15 heavy (non-hydrogen) atoms. The van der Waals surface area contributed by atoms with E-state index < -0.39 is 0 Å². The van der Waals surface area contributed by atoms with Gasteiger partial charge in [0.05, 0.1) is 13.2 Å². The Balaban J connectivity index is 2.32. The Morgan fingerprint density at radius 3 is 3.00 bits per heavy atom. The SMILES string of the molecule is Cc1c2n(c3ccccc13)CCOCC2. The number of hydrogen-bond donors (Lipinski definition) is 0. The van der Waals surface area contributed by atoms with E-state index >= 15 is 0 Å². The number of fused-ring (bicyclic) bond motifs is 3. The normalized spacial score (nSPS) is 16.3.